The van der Waals surface area contributed by atoms with Gasteiger partial charge in [-0.2, -0.15) is 13.2 Å². The minimum atomic E-state index is -4.85. The Morgan fingerprint density at radius 3 is 2.20 bits per heavy atom. The molecule has 160 valence electrons. The third kappa shape index (κ3) is 4.96. The average molecular weight is 442 g/mol. The first-order valence-corrected chi connectivity index (χ1v) is 9.43. The molecular weight excluding hydrogens is 423 g/mol. The van der Waals surface area contributed by atoms with Gasteiger partial charge in [-0.3, -0.25) is 9.59 Å². The van der Waals surface area contributed by atoms with Crippen LogP contribution in [0.3, 0.4) is 0 Å². The monoisotopic (exact) mass is 441 g/mol. The maximum absolute atomic E-state index is 12.5. The number of ether oxygens (including phenoxy) is 1. The summed E-state index contributed by atoms with van der Waals surface area (Å²) in [6, 6.07) is 11.6. The summed E-state index contributed by atoms with van der Waals surface area (Å²) in [7, 11) is 1.48. The predicted molar refractivity (Wildman–Crippen MR) is 107 cm³/mol. The minimum absolute atomic E-state index is 0.00490. The zero-order valence-corrected chi connectivity index (χ0v) is 16.8. The van der Waals surface area contributed by atoms with Gasteiger partial charge in [-0.1, -0.05) is 11.6 Å². The van der Waals surface area contributed by atoms with E-state index < -0.39 is 12.1 Å². The highest BCUT2D eigenvalue weighted by atomic mass is 35.5. The van der Waals surface area contributed by atoms with Crippen molar-refractivity contribution in [3.63, 3.8) is 0 Å². The summed E-state index contributed by atoms with van der Waals surface area (Å²) in [4.78, 5) is 26.4. The van der Waals surface area contributed by atoms with E-state index in [9.17, 15) is 22.8 Å². The van der Waals surface area contributed by atoms with E-state index in [1.54, 1.807) is 36.4 Å². The molecule has 0 atom stereocenters. The van der Waals surface area contributed by atoms with Gasteiger partial charge in [0.1, 0.15) is 5.75 Å². The maximum atomic E-state index is 12.5. The molecule has 0 radical (unpaired) electrons. The Morgan fingerprint density at radius 1 is 1.03 bits per heavy atom. The van der Waals surface area contributed by atoms with E-state index in [2.05, 4.69) is 5.32 Å². The van der Waals surface area contributed by atoms with E-state index >= 15 is 0 Å². The number of carbonyl (C=O) groups excluding carboxylic acids is 2. The van der Waals surface area contributed by atoms with Crippen molar-refractivity contribution in [2.45, 2.75) is 6.18 Å². The highest BCUT2D eigenvalue weighted by Gasteiger charge is 2.43. The van der Waals surface area contributed by atoms with Gasteiger partial charge in [-0.05, 0) is 42.5 Å². The van der Waals surface area contributed by atoms with Crippen LogP contribution in [-0.2, 0) is 4.79 Å². The number of carbonyl (C=O) groups is 2. The number of rotatable bonds is 4. The number of piperazine rings is 1. The van der Waals surface area contributed by atoms with Gasteiger partial charge >= 0.3 is 12.1 Å². The smallest absolute Gasteiger partial charge is 0.471 e. The van der Waals surface area contributed by atoms with Gasteiger partial charge < -0.3 is 19.9 Å². The lowest BCUT2D eigenvalue weighted by Gasteiger charge is -2.36. The lowest BCUT2D eigenvalue weighted by atomic mass is 10.2. The molecule has 0 aliphatic carbocycles. The van der Waals surface area contributed by atoms with Crippen LogP contribution in [0.1, 0.15) is 10.4 Å². The van der Waals surface area contributed by atoms with Gasteiger partial charge in [0, 0.05) is 43.1 Å². The molecule has 2 aromatic carbocycles. The predicted octanol–water partition coefficient (Wildman–Crippen LogP) is 3.81. The molecule has 2 amide bonds. The molecular formula is C20H19ClF3N3O3. The van der Waals surface area contributed by atoms with E-state index in [4.69, 9.17) is 16.3 Å². The number of benzene rings is 2. The Labute approximate surface area is 176 Å². The highest BCUT2D eigenvalue weighted by molar-refractivity contribution is 6.32. The van der Waals surface area contributed by atoms with Crippen molar-refractivity contribution in [2.24, 2.45) is 0 Å². The summed E-state index contributed by atoms with van der Waals surface area (Å²) in [5.41, 5.74) is 1.72. The molecule has 0 bridgehead atoms. The number of amides is 2. The Bertz CT molecular complexity index is 927. The standard InChI is InChI=1S/C20H19ClF3N3O3/c1-30-17-7-2-13(12-16(17)21)18(28)25-14-3-5-15(6-4-14)26-8-10-27(11-9-26)19(29)20(22,23)24/h2-7,12H,8-11H2,1H3,(H,25,28). The lowest BCUT2D eigenvalue weighted by molar-refractivity contribution is -0.185. The Kier molecular flexibility index (Phi) is 6.40. The molecule has 30 heavy (non-hydrogen) atoms. The number of hydrogen-bond acceptors (Lipinski definition) is 4. The summed E-state index contributed by atoms with van der Waals surface area (Å²) < 4.78 is 42.7. The van der Waals surface area contributed by atoms with Crippen LogP contribution < -0.4 is 15.0 Å². The molecule has 1 heterocycles. The molecule has 0 unspecified atom stereocenters. The van der Waals surface area contributed by atoms with Crippen molar-refractivity contribution in [3.05, 3.63) is 53.1 Å². The van der Waals surface area contributed by atoms with E-state index in [1.165, 1.54) is 13.2 Å². The fourth-order valence-corrected chi connectivity index (χ4v) is 3.37. The van der Waals surface area contributed by atoms with Gasteiger partial charge in [-0.15, -0.1) is 0 Å². The van der Waals surface area contributed by atoms with Crippen molar-refractivity contribution in [3.8, 4) is 5.75 Å². The summed E-state index contributed by atoms with van der Waals surface area (Å²) in [5, 5.41) is 3.08. The molecule has 0 saturated carbocycles. The van der Waals surface area contributed by atoms with Crippen molar-refractivity contribution < 1.29 is 27.5 Å². The van der Waals surface area contributed by atoms with Crippen LogP contribution in [0.2, 0.25) is 5.02 Å². The van der Waals surface area contributed by atoms with E-state index in [0.717, 1.165) is 10.6 Å². The van der Waals surface area contributed by atoms with Crippen LogP contribution in [0.15, 0.2) is 42.5 Å². The molecule has 0 spiro atoms. The Hall–Kier alpha value is -2.94. The molecule has 1 fully saturated rings. The second-order valence-electron chi connectivity index (χ2n) is 6.63. The molecule has 10 heteroatoms. The van der Waals surface area contributed by atoms with Crippen molar-refractivity contribution in [2.75, 3.05) is 43.5 Å². The number of nitrogens with one attached hydrogen (secondary N) is 1. The van der Waals surface area contributed by atoms with Crippen LogP contribution >= 0.6 is 11.6 Å². The second-order valence-corrected chi connectivity index (χ2v) is 7.03. The lowest BCUT2D eigenvalue weighted by Crippen LogP contribution is -2.52. The average Bonchev–Trinajstić information content (AvgIpc) is 2.73. The molecule has 1 N–H and O–H groups in total. The van der Waals surface area contributed by atoms with Crippen molar-refractivity contribution in [1.82, 2.24) is 4.90 Å². The summed E-state index contributed by atoms with van der Waals surface area (Å²) in [5.74, 6) is -1.68. The van der Waals surface area contributed by atoms with Crippen LogP contribution in [-0.4, -0.2) is 56.2 Å². The molecule has 2 aromatic rings. The van der Waals surface area contributed by atoms with Crippen molar-refractivity contribution in [1.29, 1.82) is 0 Å². The van der Waals surface area contributed by atoms with Gasteiger partial charge in [0.2, 0.25) is 0 Å². The van der Waals surface area contributed by atoms with E-state index in [-0.39, 0.29) is 32.1 Å². The van der Waals surface area contributed by atoms with E-state index in [1.807, 2.05) is 4.90 Å². The van der Waals surface area contributed by atoms with Crippen molar-refractivity contribution >= 4 is 34.8 Å². The Morgan fingerprint density at radius 2 is 1.67 bits per heavy atom. The summed E-state index contributed by atoms with van der Waals surface area (Å²) in [6.45, 7) is 0.569. The van der Waals surface area contributed by atoms with Gasteiger partial charge in [0.05, 0.1) is 12.1 Å². The van der Waals surface area contributed by atoms with E-state index in [0.29, 0.717) is 22.0 Å². The second kappa shape index (κ2) is 8.83. The van der Waals surface area contributed by atoms with Crippen LogP contribution in [0.5, 0.6) is 5.75 Å². The first-order chi connectivity index (χ1) is 14.2. The number of alkyl halides is 3. The molecule has 1 aliphatic heterocycles. The van der Waals surface area contributed by atoms with Crippen LogP contribution in [0.4, 0.5) is 24.5 Å². The fraction of sp³-hybridized carbons (Fsp3) is 0.300. The molecule has 6 nitrogen and oxygen atoms in total. The van der Waals surface area contributed by atoms with Gasteiger partial charge in [-0.25, -0.2) is 0 Å². The summed E-state index contributed by atoms with van der Waals surface area (Å²) >= 11 is 6.04. The normalized spacial score (nSPS) is 14.4. The maximum Gasteiger partial charge on any atom is 0.471 e. The molecule has 3 rings (SSSR count). The molecule has 1 aliphatic rings. The fourth-order valence-electron chi connectivity index (χ4n) is 3.11. The zero-order valence-electron chi connectivity index (χ0n) is 16.0. The number of anilines is 2. The SMILES string of the molecule is COc1ccc(C(=O)Nc2ccc(N3CCN(C(=O)C(F)(F)F)CC3)cc2)cc1Cl. The van der Waals surface area contributed by atoms with Crippen LogP contribution in [0, 0.1) is 0 Å². The third-order valence-electron chi connectivity index (χ3n) is 4.71. The topological polar surface area (TPSA) is 61.9 Å². The molecule has 1 saturated heterocycles. The Balaban J connectivity index is 1.58. The number of hydrogen-bond donors (Lipinski definition) is 1. The number of halogens is 4. The van der Waals surface area contributed by atoms with Crippen LogP contribution in [0.25, 0.3) is 0 Å². The zero-order chi connectivity index (χ0) is 21.9. The quantitative estimate of drug-likeness (QED) is 0.783. The van der Waals surface area contributed by atoms with Gasteiger partial charge in [0.25, 0.3) is 5.91 Å². The van der Waals surface area contributed by atoms with Gasteiger partial charge in [0.15, 0.2) is 0 Å². The minimum Gasteiger partial charge on any atom is -0.495 e. The first kappa shape index (κ1) is 21.8. The highest BCUT2D eigenvalue weighted by Crippen LogP contribution is 2.26. The summed E-state index contributed by atoms with van der Waals surface area (Å²) in [6.07, 6.45) is -4.85. The number of methoxy groups -OCH3 is 1. The first-order valence-electron chi connectivity index (χ1n) is 9.05. The molecule has 0 aromatic heterocycles. The number of nitrogens with zero attached hydrogens (tertiary/aromatic N) is 2. The third-order valence-corrected chi connectivity index (χ3v) is 5.01. The largest absolute Gasteiger partial charge is 0.495 e.